The van der Waals surface area contributed by atoms with Crippen molar-refractivity contribution in [3.63, 3.8) is 0 Å². The van der Waals surface area contributed by atoms with Crippen LogP contribution in [0.2, 0.25) is 0 Å². The van der Waals surface area contributed by atoms with E-state index in [1.165, 1.54) is 41.4 Å². The van der Waals surface area contributed by atoms with E-state index in [4.69, 9.17) is 4.74 Å². The normalized spacial score (nSPS) is 15.4. The summed E-state index contributed by atoms with van der Waals surface area (Å²) in [6.07, 6.45) is -1.17. The highest BCUT2D eigenvalue weighted by Gasteiger charge is 2.27. The van der Waals surface area contributed by atoms with Crippen LogP contribution >= 0.6 is 11.3 Å². The molecule has 1 atom stereocenters. The number of nitrogens with one attached hydrogen (secondary N) is 2. The number of carbonyl (C=O) groups is 2. The standard InChI is InChI=1S/C17H19FN4O5S2/c1-11(18)9-27-13-3-2-4-14(5-13)29(25,26)19-6-12-10-28-16(20-12)8-22-7-15(23)21-17(22)24/h2-5,10-11,19H,6-9H2,1H3,(H,21,23,24). The zero-order valence-electron chi connectivity index (χ0n) is 15.4. The summed E-state index contributed by atoms with van der Waals surface area (Å²) in [5, 5.41) is 4.44. The smallest absolute Gasteiger partial charge is 0.324 e. The maximum atomic E-state index is 12.9. The van der Waals surface area contributed by atoms with Gasteiger partial charge >= 0.3 is 6.03 Å². The number of rotatable bonds is 9. The van der Waals surface area contributed by atoms with E-state index >= 15 is 0 Å². The molecule has 1 aliphatic heterocycles. The lowest BCUT2D eigenvalue weighted by Gasteiger charge is -2.10. The van der Waals surface area contributed by atoms with Gasteiger partial charge in [0.25, 0.3) is 0 Å². The van der Waals surface area contributed by atoms with Crippen LogP contribution in [-0.2, 0) is 27.9 Å². The lowest BCUT2D eigenvalue weighted by molar-refractivity contribution is -0.118. The second-order valence-electron chi connectivity index (χ2n) is 6.33. The van der Waals surface area contributed by atoms with Gasteiger partial charge in [0, 0.05) is 11.4 Å². The lowest BCUT2D eigenvalue weighted by atomic mass is 10.3. The minimum atomic E-state index is -3.83. The highest BCUT2D eigenvalue weighted by molar-refractivity contribution is 7.89. The van der Waals surface area contributed by atoms with E-state index < -0.39 is 22.2 Å². The molecule has 0 aliphatic carbocycles. The minimum Gasteiger partial charge on any atom is -0.491 e. The lowest BCUT2D eigenvalue weighted by Crippen LogP contribution is -2.27. The van der Waals surface area contributed by atoms with E-state index in [-0.39, 0.29) is 42.8 Å². The second kappa shape index (κ2) is 8.84. The van der Waals surface area contributed by atoms with Gasteiger partial charge in [0.15, 0.2) is 0 Å². The Balaban J connectivity index is 1.59. The zero-order chi connectivity index (χ0) is 21.0. The second-order valence-corrected chi connectivity index (χ2v) is 9.04. The Morgan fingerprint density at radius 3 is 2.90 bits per heavy atom. The van der Waals surface area contributed by atoms with E-state index in [2.05, 4.69) is 15.0 Å². The molecule has 12 heteroatoms. The van der Waals surface area contributed by atoms with Crippen LogP contribution in [-0.4, -0.2) is 49.6 Å². The van der Waals surface area contributed by atoms with Crippen molar-refractivity contribution in [1.29, 1.82) is 0 Å². The molecule has 1 unspecified atom stereocenters. The average Bonchev–Trinajstić information content (AvgIpc) is 3.24. The van der Waals surface area contributed by atoms with E-state index in [0.717, 1.165) is 0 Å². The van der Waals surface area contributed by atoms with Gasteiger partial charge in [-0.3, -0.25) is 10.1 Å². The summed E-state index contributed by atoms with van der Waals surface area (Å²) in [5.41, 5.74) is 0.484. The number of hydrogen-bond donors (Lipinski definition) is 2. The summed E-state index contributed by atoms with van der Waals surface area (Å²) in [6.45, 7) is 1.27. The quantitative estimate of drug-likeness (QED) is 0.567. The minimum absolute atomic E-state index is 0.00999. The molecule has 0 radical (unpaired) electrons. The number of hydrogen-bond acceptors (Lipinski definition) is 7. The van der Waals surface area contributed by atoms with Gasteiger partial charge < -0.3 is 9.64 Å². The van der Waals surface area contributed by atoms with Crippen molar-refractivity contribution in [2.45, 2.75) is 31.1 Å². The number of halogens is 1. The number of carbonyl (C=O) groups excluding carboxylic acids is 2. The highest BCUT2D eigenvalue weighted by Crippen LogP contribution is 2.19. The van der Waals surface area contributed by atoms with Gasteiger partial charge in [-0.25, -0.2) is 27.3 Å². The van der Waals surface area contributed by atoms with Crippen molar-refractivity contribution in [2.24, 2.45) is 0 Å². The highest BCUT2D eigenvalue weighted by atomic mass is 32.2. The van der Waals surface area contributed by atoms with Crippen molar-refractivity contribution >= 4 is 33.3 Å². The predicted octanol–water partition coefficient (Wildman–Crippen LogP) is 1.41. The summed E-state index contributed by atoms with van der Waals surface area (Å²) in [5.74, 6) is -0.113. The van der Waals surface area contributed by atoms with E-state index in [1.807, 2.05) is 0 Å². The third kappa shape index (κ3) is 5.71. The van der Waals surface area contributed by atoms with Crippen molar-refractivity contribution in [3.05, 3.63) is 40.3 Å². The van der Waals surface area contributed by atoms with E-state index in [1.54, 1.807) is 11.4 Å². The largest absolute Gasteiger partial charge is 0.491 e. The maximum Gasteiger partial charge on any atom is 0.324 e. The van der Waals surface area contributed by atoms with Crippen LogP contribution in [0.5, 0.6) is 5.75 Å². The van der Waals surface area contributed by atoms with Crippen LogP contribution in [0.1, 0.15) is 17.6 Å². The zero-order valence-corrected chi connectivity index (χ0v) is 17.1. The molecule has 2 heterocycles. The summed E-state index contributed by atoms with van der Waals surface area (Å²) >= 11 is 1.26. The molecule has 1 saturated heterocycles. The van der Waals surface area contributed by atoms with Crippen LogP contribution in [0.25, 0.3) is 0 Å². The van der Waals surface area contributed by atoms with Crippen molar-refractivity contribution in [2.75, 3.05) is 13.2 Å². The Bertz CT molecular complexity index is 1010. The van der Waals surface area contributed by atoms with Crippen molar-refractivity contribution < 1.29 is 27.1 Å². The molecule has 1 aromatic heterocycles. The Kier molecular flexibility index (Phi) is 6.45. The molecule has 156 valence electrons. The van der Waals surface area contributed by atoms with Gasteiger partial charge in [0.2, 0.25) is 15.9 Å². The van der Waals surface area contributed by atoms with Gasteiger partial charge in [-0.2, -0.15) is 0 Å². The molecule has 29 heavy (non-hydrogen) atoms. The van der Waals surface area contributed by atoms with Gasteiger partial charge in [-0.1, -0.05) is 6.07 Å². The number of ether oxygens (including phenoxy) is 1. The van der Waals surface area contributed by atoms with Crippen LogP contribution in [0, 0.1) is 0 Å². The van der Waals surface area contributed by atoms with Gasteiger partial charge in [-0.05, 0) is 19.1 Å². The maximum absolute atomic E-state index is 12.9. The Morgan fingerprint density at radius 2 is 2.21 bits per heavy atom. The number of benzene rings is 1. The number of amides is 3. The summed E-state index contributed by atoms with van der Waals surface area (Å²) in [4.78, 5) is 28.4. The van der Waals surface area contributed by atoms with Crippen LogP contribution < -0.4 is 14.8 Å². The molecule has 0 bridgehead atoms. The SMILES string of the molecule is CC(F)COc1cccc(S(=O)(=O)NCc2csc(CN3CC(=O)NC3=O)n2)c1. The molecule has 9 nitrogen and oxygen atoms in total. The molecule has 1 aromatic carbocycles. The fourth-order valence-electron chi connectivity index (χ4n) is 2.47. The number of imide groups is 1. The first-order valence-corrected chi connectivity index (χ1v) is 11.0. The van der Waals surface area contributed by atoms with Crippen LogP contribution in [0.4, 0.5) is 9.18 Å². The number of aromatic nitrogens is 1. The van der Waals surface area contributed by atoms with E-state index in [0.29, 0.717) is 10.7 Å². The first-order valence-electron chi connectivity index (χ1n) is 8.61. The topological polar surface area (TPSA) is 118 Å². The average molecular weight is 442 g/mol. The predicted molar refractivity (Wildman–Crippen MR) is 103 cm³/mol. The molecule has 1 aliphatic rings. The Hall–Kier alpha value is -2.57. The third-order valence-corrected chi connectivity index (χ3v) is 6.11. The van der Waals surface area contributed by atoms with Crippen LogP contribution in [0.3, 0.4) is 0 Å². The van der Waals surface area contributed by atoms with Gasteiger partial charge in [0.1, 0.15) is 30.1 Å². The fraction of sp³-hybridized carbons (Fsp3) is 0.353. The molecule has 2 N–H and O–H groups in total. The summed E-state index contributed by atoms with van der Waals surface area (Å²) < 4.78 is 45.5. The molecule has 3 rings (SSSR count). The van der Waals surface area contributed by atoms with Crippen molar-refractivity contribution in [1.82, 2.24) is 19.9 Å². The summed E-state index contributed by atoms with van der Waals surface area (Å²) in [6, 6.07) is 5.31. The molecule has 1 fully saturated rings. The number of nitrogens with zero attached hydrogens (tertiary/aromatic N) is 2. The first-order chi connectivity index (χ1) is 13.7. The van der Waals surface area contributed by atoms with Gasteiger partial charge in [-0.15, -0.1) is 11.3 Å². The summed E-state index contributed by atoms with van der Waals surface area (Å²) in [7, 11) is -3.83. The Morgan fingerprint density at radius 1 is 1.41 bits per heavy atom. The first kappa shape index (κ1) is 21.1. The monoisotopic (exact) mass is 442 g/mol. The Labute approximate surface area is 170 Å². The van der Waals surface area contributed by atoms with Crippen molar-refractivity contribution in [3.8, 4) is 5.75 Å². The number of urea groups is 1. The fourth-order valence-corrected chi connectivity index (χ4v) is 4.31. The number of sulfonamides is 1. The molecule has 0 spiro atoms. The number of alkyl halides is 1. The van der Waals surface area contributed by atoms with E-state index in [9.17, 15) is 22.4 Å². The third-order valence-electron chi connectivity index (χ3n) is 3.83. The van der Waals surface area contributed by atoms with Gasteiger partial charge in [0.05, 0.1) is 23.7 Å². The molecule has 0 saturated carbocycles. The van der Waals surface area contributed by atoms with Crippen LogP contribution in [0.15, 0.2) is 34.5 Å². The molecular formula is C17H19FN4O5S2. The molecular weight excluding hydrogens is 423 g/mol. The molecule has 2 aromatic rings. The molecule has 3 amide bonds. The number of thiazole rings is 1.